The van der Waals surface area contributed by atoms with Crippen LogP contribution in [0.1, 0.15) is 151 Å². The summed E-state index contributed by atoms with van der Waals surface area (Å²) in [7, 11) is 0. The number of pyridine rings is 1. The zero-order chi connectivity index (χ0) is 47.7. The highest BCUT2D eigenvalue weighted by Gasteiger charge is 2.38. The molecule has 1 atom stereocenters. The topological polar surface area (TPSA) is 171 Å². The maximum Gasteiger partial charge on any atom is 0.270 e. The van der Waals surface area contributed by atoms with Crippen molar-refractivity contribution in [2.24, 2.45) is 22.7 Å². The molecule has 5 fully saturated rings. The predicted octanol–water partition coefficient (Wildman–Crippen LogP) is 8.34. The van der Waals surface area contributed by atoms with Gasteiger partial charge in [-0.2, -0.15) is 5.26 Å². The third-order valence-corrected chi connectivity index (χ3v) is 15.3. The number of aromatic nitrogens is 1. The Morgan fingerprint density at radius 2 is 1.63 bits per heavy atom. The number of hydrogen-bond acceptors (Lipinski definition) is 11. The van der Waals surface area contributed by atoms with E-state index in [4.69, 9.17) is 9.98 Å². The van der Waals surface area contributed by atoms with Crippen molar-refractivity contribution in [1.82, 2.24) is 25.0 Å². The number of Topliss-reactive ketones (excluding diaryl/α,β-unsaturated/α-hetero) is 1. The minimum absolute atomic E-state index is 0.0164. The summed E-state index contributed by atoms with van der Waals surface area (Å²) in [6.07, 6.45) is 20.4. The van der Waals surface area contributed by atoms with Crippen LogP contribution in [0.4, 0.5) is 5.82 Å². The Bertz CT molecular complexity index is 2260. The van der Waals surface area contributed by atoms with Gasteiger partial charge in [-0.1, -0.05) is 63.6 Å². The second kappa shape index (κ2) is 22.7. The molecule has 2 aromatic rings. The van der Waals surface area contributed by atoms with Crippen LogP contribution in [0.2, 0.25) is 0 Å². The van der Waals surface area contributed by atoms with E-state index < -0.39 is 5.60 Å². The van der Waals surface area contributed by atoms with Gasteiger partial charge in [0.2, 0.25) is 11.8 Å². The molecule has 0 spiro atoms. The average Bonchev–Trinajstić information content (AvgIpc) is 3.87. The van der Waals surface area contributed by atoms with Crippen molar-refractivity contribution in [3.63, 3.8) is 0 Å². The second-order valence-corrected chi connectivity index (χ2v) is 19.9. The summed E-state index contributed by atoms with van der Waals surface area (Å²) in [6.45, 7) is 18.0. The number of benzene rings is 1. The summed E-state index contributed by atoms with van der Waals surface area (Å²) < 4.78 is 0. The lowest BCUT2D eigenvalue weighted by molar-refractivity contribution is -0.136. The van der Waals surface area contributed by atoms with Crippen LogP contribution in [0.25, 0.3) is 0 Å². The number of hydrogen-bond donors (Lipinski definition) is 3. The molecule has 13 nitrogen and oxygen atoms in total. The van der Waals surface area contributed by atoms with E-state index in [1.165, 1.54) is 37.8 Å². The number of aliphatic imine (C=N–C) groups is 1. The first-order valence-electron chi connectivity index (χ1n) is 25.0. The van der Waals surface area contributed by atoms with Crippen LogP contribution in [0.3, 0.4) is 0 Å². The monoisotopic (exact) mass is 913 g/mol. The summed E-state index contributed by atoms with van der Waals surface area (Å²) in [6, 6.07) is 12.2. The second-order valence-electron chi connectivity index (χ2n) is 19.9. The van der Waals surface area contributed by atoms with Gasteiger partial charge in [-0.05, 0) is 151 Å². The zero-order valence-corrected chi connectivity index (χ0v) is 40.3. The maximum absolute atomic E-state index is 13.3. The van der Waals surface area contributed by atoms with E-state index in [0.29, 0.717) is 36.2 Å². The minimum Gasteiger partial charge on any atom is -0.385 e. The molecule has 0 bridgehead atoms. The average molecular weight is 913 g/mol. The number of imide groups is 1. The van der Waals surface area contributed by atoms with Gasteiger partial charge in [0.15, 0.2) is 5.78 Å². The molecule has 2 aliphatic carbocycles. The normalized spacial score (nSPS) is 25.6. The van der Waals surface area contributed by atoms with Crippen LogP contribution in [0, 0.1) is 29.1 Å². The van der Waals surface area contributed by atoms with Crippen LogP contribution < -0.4 is 10.6 Å². The fourth-order valence-electron chi connectivity index (χ4n) is 11.1. The number of aliphatic hydroxyl groups is 1. The maximum atomic E-state index is 13.3. The van der Waals surface area contributed by atoms with Gasteiger partial charge >= 0.3 is 0 Å². The number of carbonyl (C=O) groups excluding carboxylic acids is 4. The van der Waals surface area contributed by atoms with Crippen molar-refractivity contribution in [3.05, 3.63) is 94.5 Å². The highest BCUT2D eigenvalue weighted by atomic mass is 16.3. The van der Waals surface area contributed by atoms with E-state index in [1.54, 1.807) is 17.9 Å². The molecular weight excluding hydrogens is 841 g/mol. The third kappa shape index (κ3) is 12.4. The lowest BCUT2D eigenvalue weighted by atomic mass is 9.79. The van der Waals surface area contributed by atoms with Gasteiger partial charge in [-0.15, -0.1) is 0 Å². The van der Waals surface area contributed by atoms with Crippen molar-refractivity contribution in [2.75, 3.05) is 44.6 Å². The van der Waals surface area contributed by atoms with Crippen LogP contribution in [0.15, 0.2) is 77.2 Å². The molecule has 6 aliphatic rings. The lowest BCUT2D eigenvalue weighted by Crippen LogP contribution is -2.47. The molecular formula is C54H72N8O5. The molecule has 3 N–H and O–H groups in total. The Hall–Kier alpha value is -5.29. The zero-order valence-electron chi connectivity index (χ0n) is 40.3. The van der Waals surface area contributed by atoms with Crippen LogP contribution >= 0.6 is 0 Å². The minimum atomic E-state index is -0.805. The number of allylic oxidation sites excluding steroid dienone is 1. The van der Waals surface area contributed by atoms with E-state index in [2.05, 4.69) is 52.1 Å². The van der Waals surface area contributed by atoms with Crippen molar-refractivity contribution >= 4 is 35.2 Å². The Kier molecular flexibility index (Phi) is 16.8. The SMILES string of the molecule is C=C(/N=C1\C(=C/C)C=C(C#N)C(=O)N1C1CCCC1)Nc1ccc(C2CCN(CC3CCC(CN4CCC(O)(c5ccc(C(C)=O)c(CC)c5)CC4)CC3)CC2)cn1.CC1CCC(=O)NC1=O. The summed E-state index contributed by atoms with van der Waals surface area (Å²) in [5.41, 5.74) is 4.14. The quantitative estimate of drug-likeness (QED) is 0.139. The third-order valence-electron chi connectivity index (χ3n) is 15.3. The van der Waals surface area contributed by atoms with Crippen molar-refractivity contribution in [2.45, 2.75) is 142 Å². The van der Waals surface area contributed by atoms with Crippen molar-refractivity contribution in [3.8, 4) is 6.07 Å². The fraction of sp³-hybridized carbons (Fsp3) is 0.574. The van der Waals surface area contributed by atoms with Crippen molar-refractivity contribution in [1.29, 1.82) is 5.26 Å². The molecule has 4 aliphatic heterocycles. The molecule has 8 rings (SSSR count). The molecule has 2 saturated carbocycles. The van der Waals surface area contributed by atoms with Crippen LogP contribution in [0.5, 0.6) is 0 Å². The number of anilines is 1. The van der Waals surface area contributed by atoms with Gasteiger partial charge in [-0.25, -0.2) is 9.98 Å². The first-order chi connectivity index (χ1) is 32.3. The summed E-state index contributed by atoms with van der Waals surface area (Å²) in [4.78, 5) is 62.9. The summed E-state index contributed by atoms with van der Waals surface area (Å²) in [5, 5.41) is 26.7. The number of amides is 3. The lowest BCUT2D eigenvalue weighted by Gasteiger charge is -2.41. The Morgan fingerprint density at radius 3 is 2.18 bits per heavy atom. The van der Waals surface area contributed by atoms with E-state index in [0.717, 1.165) is 125 Å². The van der Waals surface area contributed by atoms with Crippen LogP contribution in [-0.4, -0.2) is 99.4 Å². The molecule has 1 aromatic carbocycles. The number of nitrogens with zero attached hydrogens (tertiary/aromatic N) is 6. The fourth-order valence-corrected chi connectivity index (χ4v) is 11.1. The molecule has 67 heavy (non-hydrogen) atoms. The van der Waals surface area contributed by atoms with Gasteiger partial charge in [0.1, 0.15) is 29.1 Å². The number of likely N-dealkylation sites (tertiary alicyclic amines) is 2. The van der Waals surface area contributed by atoms with E-state index >= 15 is 0 Å². The number of aryl methyl sites for hydroxylation is 1. The van der Waals surface area contributed by atoms with Gasteiger partial charge in [0.25, 0.3) is 5.91 Å². The number of nitriles is 1. The largest absolute Gasteiger partial charge is 0.385 e. The Morgan fingerprint density at radius 1 is 0.970 bits per heavy atom. The van der Waals surface area contributed by atoms with E-state index in [1.807, 2.05) is 44.3 Å². The van der Waals surface area contributed by atoms with Gasteiger partial charge in [0.05, 0.1) is 5.60 Å². The molecule has 13 heteroatoms. The van der Waals surface area contributed by atoms with Crippen LogP contribution in [-0.2, 0) is 26.4 Å². The smallest absolute Gasteiger partial charge is 0.270 e. The van der Waals surface area contributed by atoms with E-state index in [9.17, 15) is 29.5 Å². The van der Waals surface area contributed by atoms with E-state index in [-0.39, 0.29) is 41.0 Å². The Labute approximate surface area is 397 Å². The standard InChI is InChI=1S/C48H63N7O3.C6H9NO2/c1-5-37-28-42(16-17-44(37)33(3)56)48(58)21-25-54(26-22-48)32-36-13-11-35(12-14-36)31-53-23-19-39(20-24-53)40-15-18-45(50-30-40)51-34(4)52-46-38(6-2)27-41(29-49)47(57)55(46)43-9-7-8-10-43;1-4-2-3-5(8)7-6(4)9/h6,15-18,27-28,30,35-36,39,43,58H,4-5,7-14,19-26,31-32H2,1-3H3,(H,50,51);4H,2-3H2,1H3,(H,7,8,9)/b38-6-,52-46+;. The number of carbonyl (C=O) groups is 4. The van der Waals surface area contributed by atoms with Gasteiger partial charge < -0.3 is 20.2 Å². The molecule has 1 aromatic heterocycles. The van der Waals surface area contributed by atoms with Gasteiger partial charge in [0, 0.05) is 61.9 Å². The first-order valence-corrected chi connectivity index (χ1v) is 25.0. The number of rotatable bonds is 12. The molecule has 3 saturated heterocycles. The molecule has 0 radical (unpaired) electrons. The number of nitrogens with one attached hydrogen (secondary N) is 2. The number of amidine groups is 1. The van der Waals surface area contributed by atoms with Crippen molar-refractivity contribution < 1.29 is 24.3 Å². The number of piperidine rings is 3. The molecule has 1 unspecified atom stereocenters. The summed E-state index contributed by atoms with van der Waals surface area (Å²) in [5.74, 6) is 3.19. The van der Waals surface area contributed by atoms with Gasteiger partial charge in [-0.3, -0.25) is 29.4 Å². The molecule has 5 heterocycles. The highest BCUT2D eigenvalue weighted by molar-refractivity contribution is 6.19. The molecule has 358 valence electrons. The number of ketones is 1. The highest BCUT2D eigenvalue weighted by Crippen LogP contribution is 2.37. The summed E-state index contributed by atoms with van der Waals surface area (Å²) >= 11 is 0. The molecule has 3 amide bonds. The Balaban J connectivity index is 0.000000663. The predicted molar refractivity (Wildman–Crippen MR) is 262 cm³/mol. The first kappa shape index (κ1) is 49.6.